The fourth-order valence-electron chi connectivity index (χ4n) is 2.35. The highest BCUT2D eigenvalue weighted by Gasteiger charge is 2.09. The first-order chi connectivity index (χ1) is 13.2. The minimum Gasteiger partial charge on any atom is -0.497 e. The van der Waals surface area contributed by atoms with Crippen LogP contribution in [0, 0.1) is 0 Å². The van der Waals surface area contributed by atoms with Gasteiger partial charge in [0.25, 0.3) is 0 Å². The third kappa shape index (κ3) is 5.18. The number of ether oxygens (including phenoxy) is 2. The second-order valence-electron chi connectivity index (χ2n) is 5.51. The molecule has 0 spiro atoms. The summed E-state index contributed by atoms with van der Waals surface area (Å²) in [7, 11) is 1.62. The lowest BCUT2D eigenvalue weighted by Gasteiger charge is -2.10. The Morgan fingerprint density at radius 2 is 1.96 bits per heavy atom. The normalized spacial score (nSPS) is 10.3. The van der Waals surface area contributed by atoms with E-state index in [4.69, 9.17) is 26.2 Å². The lowest BCUT2D eigenvalue weighted by Crippen LogP contribution is -2.28. The van der Waals surface area contributed by atoms with E-state index in [1.54, 1.807) is 7.11 Å². The van der Waals surface area contributed by atoms with E-state index in [1.807, 2.05) is 55.5 Å². The summed E-state index contributed by atoms with van der Waals surface area (Å²) in [6.07, 6.45) is 0. The zero-order chi connectivity index (χ0) is 19.1. The van der Waals surface area contributed by atoms with Crippen molar-refractivity contribution in [1.29, 1.82) is 0 Å². The van der Waals surface area contributed by atoms with Crippen molar-refractivity contribution in [3.05, 3.63) is 54.4 Å². The number of methoxy groups -OCH3 is 1. The molecule has 0 saturated carbocycles. The fraction of sp³-hybridized carbons (Fsp3) is 0.211. The predicted molar refractivity (Wildman–Crippen MR) is 107 cm³/mol. The van der Waals surface area contributed by atoms with Gasteiger partial charge in [-0.2, -0.15) is 4.98 Å². The molecule has 3 aromatic rings. The Bertz CT molecular complexity index is 896. The fourth-order valence-corrected chi connectivity index (χ4v) is 2.54. The minimum absolute atomic E-state index is 0.320. The van der Waals surface area contributed by atoms with Crippen LogP contribution in [0.3, 0.4) is 0 Å². The van der Waals surface area contributed by atoms with Gasteiger partial charge in [0, 0.05) is 17.3 Å². The van der Waals surface area contributed by atoms with Gasteiger partial charge in [-0.15, -0.1) is 0 Å². The van der Waals surface area contributed by atoms with Crippen LogP contribution in [0.4, 0.5) is 5.69 Å². The number of aromatic nitrogens is 2. The SMILES string of the molecule is CCOc1cccc(NC(=S)NCc2nc(-c3ccc(OC)cc3)no2)c1. The molecule has 0 aliphatic carbocycles. The minimum atomic E-state index is 0.320. The van der Waals surface area contributed by atoms with E-state index in [0.717, 1.165) is 22.7 Å². The van der Waals surface area contributed by atoms with Gasteiger partial charge >= 0.3 is 0 Å². The van der Waals surface area contributed by atoms with Gasteiger partial charge in [-0.3, -0.25) is 0 Å². The van der Waals surface area contributed by atoms with E-state index in [1.165, 1.54) is 0 Å². The second-order valence-corrected chi connectivity index (χ2v) is 5.92. The molecule has 0 saturated heterocycles. The summed E-state index contributed by atoms with van der Waals surface area (Å²) in [5, 5.41) is 10.6. The van der Waals surface area contributed by atoms with Crippen molar-refractivity contribution in [2.45, 2.75) is 13.5 Å². The molecule has 3 rings (SSSR count). The molecule has 2 aromatic carbocycles. The van der Waals surface area contributed by atoms with Crippen molar-refractivity contribution in [3.63, 3.8) is 0 Å². The topological polar surface area (TPSA) is 81.4 Å². The molecular weight excluding hydrogens is 364 g/mol. The maximum absolute atomic E-state index is 5.47. The molecule has 1 aromatic heterocycles. The zero-order valence-electron chi connectivity index (χ0n) is 15.1. The summed E-state index contributed by atoms with van der Waals surface area (Å²) in [4.78, 5) is 4.36. The summed E-state index contributed by atoms with van der Waals surface area (Å²) in [5.74, 6) is 2.51. The Hall–Kier alpha value is -3.13. The van der Waals surface area contributed by atoms with Crippen LogP contribution in [0.15, 0.2) is 53.1 Å². The van der Waals surface area contributed by atoms with E-state index in [9.17, 15) is 0 Å². The molecular formula is C19H20N4O3S. The summed E-state index contributed by atoms with van der Waals surface area (Å²) in [5.41, 5.74) is 1.68. The Labute approximate surface area is 162 Å². The molecule has 0 aliphatic rings. The maximum atomic E-state index is 5.47. The van der Waals surface area contributed by atoms with Crippen molar-refractivity contribution in [3.8, 4) is 22.9 Å². The molecule has 0 radical (unpaired) electrons. The lowest BCUT2D eigenvalue weighted by molar-refractivity contribution is 0.340. The van der Waals surface area contributed by atoms with Crippen LogP contribution in [0.1, 0.15) is 12.8 Å². The third-order valence-corrected chi connectivity index (χ3v) is 3.87. The molecule has 140 valence electrons. The summed E-state index contributed by atoms with van der Waals surface area (Å²) >= 11 is 5.30. The quantitative estimate of drug-likeness (QED) is 0.598. The van der Waals surface area contributed by atoms with E-state index >= 15 is 0 Å². The van der Waals surface area contributed by atoms with Crippen LogP contribution in [0.25, 0.3) is 11.4 Å². The van der Waals surface area contributed by atoms with E-state index in [-0.39, 0.29) is 0 Å². The van der Waals surface area contributed by atoms with E-state index in [2.05, 4.69) is 20.8 Å². The summed E-state index contributed by atoms with van der Waals surface area (Å²) in [6.45, 7) is 2.87. The van der Waals surface area contributed by atoms with Crippen LogP contribution < -0.4 is 20.1 Å². The number of hydrogen-bond acceptors (Lipinski definition) is 6. The lowest BCUT2D eigenvalue weighted by atomic mass is 10.2. The largest absolute Gasteiger partial charge is 0.497 e. The molecule has 0 amide bonds. The number of nitrogens with zero attached hydrogens (tertiary/aromatic N) is 2. The standard InChI is InChI=1S/C19H20N4O3S/c1-3-25-16-6-4-5-14(11-16)21-19(27)20-12-17-22-18(23-26-17)13-7-9-15(24-2)10-8-13/h4-11H,3,12H2,1-2H3,(H2,20,21,27). The third-order valence-electron chi connectivity index (χ3n) is 3.62. The number of hydrogen-bond donors (Lipinski definition) is 2. The van der Waals surface area contributed by atoms with Crippen molar-refractivity contribution in [2.75, 3.05) is 19.0 Å². The molecule has 0 atom stereocenters. The molecule has 1 heterocycles. The van der Waals surface area contributed by atoms with Gasteiger partial charge in [-0.05, 0) is 55.5 Å². The first-order valence-corrected chi connectivity index (χ1v) is 8.83. The number of thiocarbonyl (C=S) groups is 1. The molecule has 7 nitrogen and oxygen atoms in total. The smallest absolute Gasteiger partial charge is 0.246 e. The summed E-state index contributed by atoms with van der Waals surface area (Å²) in [6, 6.07) is 15.0. The van der Waals surface area contributed by atoms with Crippen molar-refractivity contribution < 1.29 is 14.0 Å². The van der Waals surface area contributed by atoms with Crippen molar-refractivity contribution >= 4 is 23.0 Å². The molecule has 2 N–H and O–H groups in total. The number of benzene rings is 2. The summed E-state index contributed by atoms with van der Waals surface area (Å²) < 4.78 is 15.9. The molecule has 8 heteroatoms. The molecule has 0 bridgehead atoms. The Morgan fingerprint density at radius 3 is 2.70 bits per heavy atom. The Kier molecular flexibility index (Phi) is 6.22. The van der Waals surface area contributed by atoms with E-state index in [0.29, 0.717) is 30.0 Å². The maximum Gasteiger partial charge on any atom is 0.246 e. The highest BCUT2D eigenvalue weighted by molar-refractivity contribution is 7.80. The molecule has 0 aliphatic heterocycles. The molecule has 0 unspecified atom stereocenters. The Morgan fingerprint density at radius 1 is 1.15 bits per heavy atom. The highest BCUT2D eigenvalue weighted by atomic mass is 32.1. The molecule has 27 heavy (non-hydrogen) atoms. The monoisotopic (exact) mass is 384 g/mol. The van der Waals surface area contributed by atoms with Gasteiger partial charge in [0.05, 0.1) is 20.3 Å². The van der Waals surface area contributed by atoms with Crippen LogP contribution in [0.2, 0.25) is 0 Å². The van der Waals surface area contributed by atoms with Gasteiger partial charge in [-0.25, -0.2) is 0 Å². The zero-order valence-corrected chi connectivity index (χ0v) is 15.9. The van der Waals surface area contributed by atoms with Crippen molar-refractivity contribution in [2.24, 2.45) is 0 Å². The average Bonchev–Trinajstić information content (AvgIpc) is 3.16. The predicted octanol–water partition coefficient (Wildman–Crippen LogP) is 3.63. The highest BCUT2D eigenvalue weighted by Crippen LogP contribution is 2.20. The van der Waals surface area contributed by atoms with Crippen molar-refractivity contribution in [1.82, 2.24) is 15.5 Å². The van der Waals surface area contributed by atoms with Crippen LogP contribution in [-0.4, -0.2) is 29.0 Å². The van der Waals surface area contributed by atoms with Gasteiger partial charge in [0.1, 0.15) is 11.5 Å². The van der Waals surface area contributed by atoms with Gasteiger partial charge < -0.3 is 24.6 Å². The van der Waals surface area contributed by atoms with Crippen LogP contribution >= 0.6 is 12.2 Å². The Balaban J connectivity index is 1.54. The van der Waals surface area contributed by atoms with Crippen LogP contribution in [-0.2, 0) is 6.54 Å². The van der Waals surface area contributed by atoms with Gasteiger partial charge in [0.15, 0.2) is 5.11 Å². The number of rotatable bonds is 7. The van der Waals surface area contributed by atoms with Crippen LogP contribution in [0.5, 0.6) is 11.5 Å². The first-order valence-electron chi connectivity index (χ1n) is 8.42. The van der Waals surface area contributed by atoms with E-state index < -0.39 is 0 Å². The number of nitrogens with one attached hydrogen (secondary N) is 2. The average molecular weight is 384 g/mol. The van der Waals surface area contributed by atoms with Gasteiger partial charge in [0.2, 0.25) is 11.7 Å². The first kappa shape index (κ1) is 18.7. The molecule has 0 fully saturated rings. The number of anilines is 1. The second kappa shape index (κ2) is 9.00. The van der Waals surface area contributed by atoms with Gasteiger partial charge in [-0.1, -0.05) is 11.2 Å².